The summed E-state index contributed by atoms with van der Waals surface area (Å²) in [7, 11) is -3.58. The quantitative estimate of drug-likeness (QED) is 0.565. The molecule has 2 heterocycles. The molecule has 0 aliphatic carbocycles. The fraction of sp³-hybridized carbons (Fsp3) is 0.643. The number of carbonyl (C=O) groups excluding carboxylic acids is 1. The van der Waals surface area contributed by atoms with Crippen LogP contribution in [-0.2, 0) is 14.8 Å². The van der Waals surface area contributed by atoms with Gasteiger partial charge in [0.1, 0.15) is 10.6 Å². The van der Waals surface area contributed by atoms with E-state index in [0.29, 0.717) is 39.4 Å². The highest BCUT2D eigenvalue weighted by atomic mass is 32.2. The highest BCUT2D eigenvalue weighted by Crippen LogP contribution is 2.17. The molecule has 8 nitrogen and oxygen atoms in total. The number of ether oxygens (including phenoxy) is 1. The van der Waals surface area contributed by atoms with Gasteiger partial charge in [0, 0.05) is 32.4 Å². The van der Waals surface area contributed by atoms with Crippen molar-refractivity contribution in [1.82, 2.24) is 19.9 Å². The van der Waals surface area contributed by atoms with Crippen molar-refractivity contribution in [2.45, 2.75) is 18.2 Å². The normalized spacial score (nSPS) is 16.4. The number of carbonyl (C=O) groups is 1. The van der Waals surface area contributed by atoms with Crippen LogP contribution in [0.3, 0.4) is 0 Å². The predicted molar refractivity (Wildman–Crippen MR) is 85.9 cm³/mol. The van der Waals surface area contributed by atoms with Crippen LogP contribution in [0.2, 0.25) is 0 Å². The Morgan fingerprint density at radius 2 is 2.04 bits per heavy atom. The number of hydrogen-bond donors (Lipinski definition) is 3. The van der Waals surface area contributed by atoms with Crippen molar-refractivity contribution < 1.29 is 17.9 Å². The van der Waals surface area contributed by atoms with E-state index >= 15 is 0 Å². The number of nitrogens with one attached hydrogen (secondary N) is 3. The molecule has 2 rings (SSSR count). The first-order chi connectivity index (χ1) is 11.1. The van der Waals surface area contributed by atoms with Crippen LogP contribution in [0.25, 0.3) is 0 Å². The zero-order valence-electron chi connectivity index (χ0n) is 13.3. The van der Waals surface area contributed by atoms with Crippen LogP contribution in [0.1, 0.15) is 23.8 Å². The molecule has 1 aromatic heterocycles. The highest BCUT2D eigenvalue weighted by molar-refractivity contribution is 7.89. The second-order valence-electron chi connectivity index (χ2n) is 5.27. The molecule has 0 radical (unpaired) electrons. The molecule has 0 aromatic carbocycles. The number of nitrogens with zero attached hydrogens (tertiary/aromatic N) is 1. The molecule has 1 saturated heterocycles. The average Bonchev–Trinajstić information content (AvgIpc) is 3.06. The third kappa shape index (κ3) is 4.77. The Kier molecular flexibility index (Phi) is 6.58. The summed E-state index contributed by atoms with van der Waals surface area (Å²) in [5.74, 6) is -0.313. The summed E-state index contributed by atoms with van der Waals surface area (Å²) in [4.78, 5) is 14.8. The summed E-state index contributed by atoms with van der Waals surface area (Å²) in [5, 5.41) is 5.92. The van der Waals surface area contributed by atoms with Crippen molar-refractivity contribution in [2.75, 3.05) is 45.9 Å². The van der Waals surface area contributed by atoms with Gasteiger partial charge in [-0.2, -0.15) is 4.31 Å². The minimum atomic E-state index is -3.58. The molecule has 0 bridgehead atoms. The van der Waals surface area contributed by atoms with E-state index in [2.05, 4.69) is 22.5 Å². The first-order valence-electron chi connectivity index (χ1n) is 7.81. The second-order valence-corrected chi connectivity index (χ2v) is 7.21. The lowest BCUT2D eigenvalue weighted by Gasteiger charge is -2.25. The van der Waals surface area contributed by atoms with Crippen molar-refractivity contribution in [2.24, 2.45) is 0 Å². The van der Waals surface area contributed by atoms with E-state index in [4.69, 9.17) is 4.74 Å². The molecule has 0 spiro atoms. The van der Waals surface area contributed by atoms with Crippen LogP contribution in [0.15, 0.2) is 17.2 Å². The summed E-state index contributed by atoms with van der Waals surface area (Å²) in [6.45, 7) is 5.59. The first-order valence-corrected chi connectivity index (χ1v) is 9.25. The summed E-state index contributed by atoms with van der Waals surface area (Å²) in [6, 6.07) is 1.37. The van der Waals surface area contributed by atoms with Crippen LogP contribution in [0.4, 0.5) is 0 Å². The van der Waals surface area contributed by atoms with E-state index in [-0.39, 0.29) is 16.5 Å². The van der Waals surface area contributed by atoms with Crippen molar-refractivity contribution in [3.63, 3.8) is 0 Å². The molecule has 0 saturated carbocycles. The molecular weight excluding hydrogens is 320 g/mol. The summed E-state index contributed by atoms with van der Waals surface area (Å²) >= 11 is 0. The lowest BCUT2D eigenvalue weighted by Crippen LogP contribution is -2.40. The summed E-state index contributed by atoms with van der Waals surface area (Å²) < 4.78 is 31.5. The lowest BCUT2D eigenvalue weighted by molar-refractivity contribution is 0.0730. The SMILES string of the molecule is CCCNCCNC(=O)c1cc(S(=O)(=O)N2CCOCC2)c[nH]1. The molecule has 23 heavy (non-hydrogen) atoms. The Labute approximate surface area is 136 Å². The van der Waals surface area contributed by atoms with Gasteiger partial charge in [-0.05, 0) is 19.0 Å². The monoisotopic (exact) mass is 344 g/mol. The fourth-order valence-electron chi connectivity index (χ4n) is 2.25. The van der Waals surface area contributed by atoms with Crippen LogP contribution in [0, 0.1) is 0 Å². The average molecular weight is 344 g/mol. The molecule has 130 valence electrons. The summed E-state index contributed by atoms with van der Waals surface area (Å²) in [6.07, 6.45) is 2.39. The molecule has 9 heteroatoms. The van der Waals surface area contributed by atoms with Gasteiger partial charge in [-0.15, -0.1) is 0 Å². The zero-order valence-corrected chi connectivity index (χ0v) is 14.1. The van der Waals surface area contributed by atoms with E-state index in [1.54, 1.807) is 0 Å². The third-order valence-corrected chi connectivity index (χ3v) is 5.40. The molecule has 1 aliphatic heterocycles. The summed E-state index contributed by atoms with van der Waals surface area (Å²) in [5.41, 5.74) is 0.243. The maximum atomic E-state index is 12.5. The maximum absolute atomic E-state index is 12.5. The van der Waals surface area contributed by atoms with E-state index in [1.165, 1.54) is 16.6 Å². The number of aromatic nitrogens is 1. The highest BCUT2D eigenvalue weighted by Gasteiger charge is 2.27. The van der Waals surface area contributed by atoms with Crippen LogP contribution in [0.5, 0.6) is 0 Å². The Morgan fingerprint density at radius 3 is 2.74 bits per heavy atom. The lowest BCUT2D eigenvalue weighted by atomic mass is 10.4. The van der Waals surface area contributed by atoms with Gasteiger partial charge in [-0.1, -0.05) is 6.92 Å². The predicted octanol–water partition coefficient (Wildman–Crippen LogP) is -0.235. The van der Waals surface area contributed by atoms with Crippen LogP contribution >= 0.6 is 0 Å². The van der Waals surface area contributed by atoms with Gasteiger partial charge >= 0.3 is 0 Å². The van der Waals surface area contributed by atoms with Crippen LogP contribution in [-0.4, -0.2) is 69.6 Å². The van der Waals surface area contributed by atoms with Gasteiger partial charge in [-0.3, -0.25) is 4.79 Å². The van der Waals surface area contributed by atoms with Gasteiger partial charge in [0.05, 0.1) is 13.2 Å². The number of H-pyrrole nitrogens is 1. The zero-order chi connectivity index (χ0) is 16.7. The first kappa shape index (κ1) is 17.9. The van der Waals surface area contributed by atoms with Crippen molar-refractivity contribution in [3.8, 4) is 0 Å². The number of sulfonamides is 1. The van der Waals surface area contributed by atoms with Crippen molar-refractivity contribution >= 4 is 15.9 Å². The largest absolute Gasteiger partial charge is 0.379 e. The molecule has 1 fully saturated rings. The number of rotatable bonds is 8. The van der Waals surface area contributed by atoms with E-state index in [9.17, 15) is 13.2 Å². The fourth-order valence-corrected chi connectivity index (χ4v) is 3.65. The number of hydrogen-bond acceptors (Lipinski definition) is 5. The topological polar surface area (TPSA) is 104 Å². The minimum Gasteiger partial charge on any atom is -0.379 e. The van der Waals surface area contributed by atoms with Crippen molar-refractivity contribution in [3.05, 3.63) is 18.0 Å². The number of amides is 1. The van der Waals surface area contributed by atoms with Gasteiger partial charge in [0.15, 0.2) is 0 Å². The van der Waals surface area contributed by atoms with Gasteiger partial charge < -0.3 is 20.4 Å². The van der Waals surface area contributed by atoms with Crippen molar-refractivity contribution in [1.29, 1.82) is 0 Å². The molecule has 1 amide bonds. The maximum Gasteiger partial charge on any atom is 0.267 e. The molecule has 3 N–H and O–H groups in total. The molecule has 0 atom stereocenters. The minimum absolute atomic E-state index is 0.105. The Bertz CT molecular complexity index is 608. The third-order valence-electron chi connectivity index (χ3n) is 3.52. The van der Waals surface area contributed by atoms with Gasteiger partial charge in [0.2, 0.25) is 10.0 Å². The van der Waals surface area contributed by atoms with Crippen LogP contribution < -0.4 is 10.6 Å². The molecule has 1 aliphatic rings. The van der Waals surface area contributed by atoms with E-state index < -0.39 is 10.0 Å². The van der Waals surface area contributed by atoms with Gasteiger partial charge in [-0.25, -0.2) is 8.42 Å². The van der Waals surface area contributed by atoms with E-state index in [0.717, 1.165) is 13.0 Å². The number of morpholine rings is 1. The van der Waals surface area contributed by atoms with Gasteiger partial charge in [0.25, 0.3) is 5.91 Å². The Balaban J connectivity index is 1.92. The molecule has 1 aromatic rings. The standard InChI is InChI=1S/C14H24N4O4S/c1-2-3-15-4-5-16-14(19)13-10-12(11-17-13)23(20,21)18-6-8-22-9-7-18/h10-11,15,17H,2-9H2,1H3,(H,16,19). The Hall–Kier alpha value is -1.42. The smallest absolute Gasteiger partial charge is 0.267 e. The number of aromatic amines is 1. The molecule has 0 unspecified atom stereocenters. The second kappa shape index (κ2) is 8.44. The molecular formula is C14H24N4O4S. The van der Waals surface area contributed by atoms with E-state index in [1.807, 2.05) is 0 Å². The Morgan fingerprint density at radius 1 is 1.30 bits per heavy atom.